The topological polar surface area (TPSA) is 104 Å². The normalized spacial score (nSPS) is 18.0. The highest BCUT2D eigenvalue weighted by atomic mass is 16.5. The molecule has 1 amide bonds. The fourth-order valence-electron chi connectivity index (χ4n) is 5.99. The van der Waals surface area contributed by atoms with E-state index in [0.717, 1.165) is 11.3 Å². The molecule has 9 nitrogen and oxygen atoms in total. The molecule has 3 aromatic rings. The summed E-state index contributed by atoms with van der Waals surface area (Å²) in [5.74, 6) is 1.72. The number of amides is 1. The lowest BCUT2D eigenvalue weighted by Gasteiger charge is -2.37. The molecule has 0 saturated heterocycles. The average Bonchev–Trinajstić information content (AvgIpc) is 3.03. The van der Waals surface area contributed by atoms with Crippen molar-refractivity contribution in [3.63, 3.8) is 0 Å². The summed E-state index contributed by atoms with van der Waals surface area (Å²) in [6, 6.07) is 18.4. The first-order valence-electron chi connectivity index (χ1n) is 14.0. The summed E-state index contributed by atoms with van der Waals surface area (Å²) in [6.45, 7) is 1.86. The highest BCUT2D eigenvalue weighted by Crippen LogP contribution is 2.49. The molecule has 0 unspecified atom stereocenters. The molecule has 0 aromatic heterocycles. The van der Waals surface area contributed by atoms with E-state index >= 15 is 0 Å². The van der Waals surface area contributed by atoms with Crippen LogP contribution in [0, 0.1) is 0 Å². The first kappa shape index (κ1) is 29.6. The van der Waals surface area contributed by atoms with E-state index in [1.54, 1.807) is 53.7 Å². The summed E-state index contributed by atoms with van der Waals surface area (Å²) >= 11 is 0. The molecule has 1 aliphatic carbocycles. The van der Waals surface area contributed by atoms with Gasteiger partial charge in [-0.1, -0.05) is 24.3 Å². The molecule has 2 N–H and O–H groups in total. The van der Waals surface area contributed by atoms with E-state index in [1.165, 1.54) is 0 Å². The third-order valence-corrected chi connectivity index (χ3v) is 8.06. The molecule has 2 aliphatic rings. The number of hydrogen-bond acceptors (Lipinski definition) is 8. The molecule has 0 saturated carbocycles. The maximum absolute atomic E-state index is 14.1. The number of allylic oxidation sites excluding steroid dienone is 3. The van der Waals surface area contributed by atoms with Gasteiger partial charge in [-0.15, -0.1) is 0 Å². The SMILES string of the molecule is COc1ccc([C@@H]2C(C(=O)Nc3ccccc3OC)=C(C)NC3=C2C(=O)C[C@@H](c2ccc(OC)c(OC)c2)C3)c(OC)c1. The number of para-hydroxylation sites is 2. The third-order valence-electron chi connectivity index (χ3n) is 8.06. The number of dihydropyridines is 1. The molecule has 0 bridgehead atoms. The number of carbonyl (C=O) groups excluding carboxylic acids is 2. The lowest BCUT2D eigenvalue weighted by atomic mass is 9.71. The van der Waals surface area contributed by atoms with Crippen LogP contribution in [0.2, 0.25) is 0 Å². The van der Waals surface area contributed by atoms with Crippen LogP contribution in [0.3, 0.4) is 0 Å². The van der Waals surface area contributed by atoms with Crippen molar-refractivity contribution < 1.29 is 33.3 Å². The minimum atomic E-state index is -0.675. The van der Waals surface area contributed by atoms with Crippen molar-refractivity contribution in [3.05, 3.63) is 94.3 Å². The predicted octanol–water partition coefficient (Wildman–Crippen LogP) is 5.73. The van der Waals surface area contributed by atoms with Gasteiger partial charge in [-0.3, -0.25) is 9.59 Å². The molecule has 0 fully saturated rings. The maximum Gasteiger partial charge on any atom is 0.254 e. The fourth-order valence-corrected chi connectivity index (χ4v) is 5.99. The minimum Gasteiger partial charge on any atom is -0.497 e. The molecular formula is C34H36N2O7. The van der Waals surface area contributed by atoms with Gasteiger partial charge < -0.3 is 34.3 Å². The summed E-state index contributed by atoms with van der Waals surface area (Å²) in [7, 11) is 7.88. The number of rotatable bonds is 9. The number of ketones is 1. The van der Waals surface area contributed by atoms with Crippen LogP contribution >= 0.6 is 0 Å². The van der Waals surface area contributed by atoms with E-state index in [2.05, 4.69) is 10.6 Å². The van der Waals surface area contributed by atoms with Crippen molar-refractivity contribution in [2.45, 2.75) is 31.6 Å². The molecule has 5 rings (SSSR count). The number of methoxy groups -OCH3 is 5. The monoisotopic (exact) mass is 584 g/mol. The van der Waals surface area contributed by atoms with Gasteiger partial charge in [-0.2, -0.15) is 0 Å². The Kier molecular flexibility index (Phi) is 8.61. The van der Waals surface area contributed by atoms with Crippen molar-refractivity contribution >= 4 is 17.4 Å². The lowest BCUT2D eigenvalue weighted by Crippen LogP contribution is -2.37. The Labute approximate surface area is 251 Å². The van der Waals surface area contributed by atoms with Crippen LogP contribution in [0.4, 0.5) is 5.69 Å². The minimum absolute atomic E-state index is 0.0495. The van der Waals surface area contributed by atoms with Crippen LogP contribution < -0.4 is 34.3 Å². The second-order valence-corrected chi connectivity index (χ2v) is 10.4. The molecule has 1 heterocycles. The smallest absolute Gasteiger partial charge is 0.254 e. The first-order valence-corrected chi connectivity index (χ1v) is 14.0. The van der Waals surface area contributed by atoms with Crippen LogP contribution in [0.5, 0.6) is 28.7 Å². The van der Waals surface area contributed by atoms with E-state index < -0.39 is 5.92 Å². The van der Waals surface area contributed by atoms with Gasteiger partial charge >= 0.3 is 0 Å². The highest BCUT2D eigenvalue weighted by molar-refractivity contribution is 6.10. The summed E-state index contributed by atoms with van der Waals surface area (Å²) in [4.78, 5) is 28.2. The van der Waals surface area contributed by atoms with Gasteiger partial charge in [-0.25, -0.2) is 0 Å². The van der Waals surface area contributed by atoms with Gasteiger partial charge in [0.25, 0.3) is 5.91 Å². The van der Waals surface area contributed by atoms with Gasteiger partial charge in [0.15, 0.2) is 17.3 Å². The summed E-state index contributed by atoms with van der Waals surface area (Å²) in [6.07, 6.45) is 0.843. The van der Waals surface area contributed by atoms with Gasteiger partial charge in [0.05, 0.1) is 47.2 Å². The molecule has 1 aliphatic heterocycles. The largest absolute Gasteiger partial charge is 0.497 e. The molecule has 0 radical (unpaired) electrons. The van der Waals surface area contributed by atoms with Crippen LogP contribution in [-0.4, -0.2) is 47.2 Å². The second kappa shape index (κ2) is 12.5. The van der Waals surface area contributed by atoms with E-state index in [4.69, 9.17) is 23.7 Å². The molecular weight excluding hydrogens is 548 g/mol. The van der Waals surface area contributed by atoms with E-state index in [0.29, 0.717) is 63.3 Å². The van der Waals surface area contributed by atoms with Gasteiger partial charge in [-0.05, 0) is 55.2 Å². The summed E-state index contributed by atoms with van der Waals surface area (Å²) in [5, 5.41) is 6.43. The first-order chi connectivity index (χ1) is 20.8. The molecule has 224 valence electrons. The lowest BCUT2D eigenvalue weighted by molar-refractivity contribution is -0.116. The molecule has 2 atom stereocenters. The summed E-state index contributed by atoms with van der Waals surface area (Å²) in [5.41, 5.74) is 4.60. The molecule has 0 spiro atoms. The standard InChI is InChI=1S/C34H36N2O7/c1-19-31(34(38)36-24-9-7-8-10-27(24)40-3)32(23-13-12-22(39-2)18-29(23)42-5)33-25(35-19)15-21(16-26(33)37)20-11-14-28(41-4)30(17-20)43-6/h7-14,17-18,21,32,35H,15-16H2,1-6H3,(H,36,38)/t21-,32+/m0/s1. The zero-order valence-corrected chi connectivity index (χ0v) is 25.2. The Morgan fingerprint density at radius 2 is 1.51 bits per heavy atom. The Bertz CT molecular complexity index is 1620. The van der Waals surface area contributed by atoms with E-state index in [1.807, 2.05) is 49.4 Å². The Balaban J connectivity index is 1.60. The third kappa shape index (κ3) is 5.62. The van der Waals surface area contributed by atoms with Gasteiger partial charge in [0, 0.05) is 40.6 Å². The van der Waals surface area contributed by atoms with Gasteiger partial charge in [0.2, 0.25) is 0 Å². The van der Waals surface area contributed by atoms with E-state index in [9.17, 15) is 9.59 Å². The number of ether oxygens (including phenoxy) is 5. The Morgan fingerprint density at radius 3 is 2.21 bits per heavy atom. The highest BCUT2D eigenvalue weighted by Gasteiger charge is 2.42. The second-order valence-electron chi connectivity index (χ2n) is 10.4. The van der Waals surface area contributed by atoms with E-state index in [-0.39, 0.29) is 24.0 Å². The van der Waals surface area contributed by atoms with Crippen molar-refractivity contribution in [2.75, 3.05) is 40.9 Å². The van der Waals surface area contributed by atoms with Crippen LogP contribution in [-0.2, 0) is 9.59 Å². The summed E-state index contributed by atoms with van der Waals surface area (Å²) < 4.78 is 27.6. The van der Waals surface area contributed by atoms with Gasteiger partial charge in [0.1, 0.15) is 17.2 Å². The molecule has 3 aromatic carbocycles. The quantitative estimate of drug-likeness (QED) is 0.329. The maximum atomic E-state index is 14.1. The number of carbonyl (C=O) groups is 2. The Hall–Kier alpha value is -4.92. The zero-order chi connectivity index (χ0) is 30.7. The number of nitrogens with one attached hydrogen (secondary N) is 2. The number of benzene rings is 3. The zero-order valence-electron chi connectivity index (χ0n) is 25.2. The van der Waals surface area contributed by atoms with Crippen LogP contribution in [0.1, 0.15) is 42.7 Å². The number of hydrogen-bond donors (Lipinski definition) is 2. The van der Waals surface area contributed by atoms with Crippen molar-refractivity contribution in [2.24, 2.45) is 0 Å². The number of Topliss-reactive ketones (excluding diaryl/α,β-unsaturated/α-hetero) is 1. The predicted molar refractivity (Wildman–Crippen MR) is 163 cm³/mol. The Morgan fingerprint density at radius 1 is 0.791 bits per heavy atom. The van der Waals surface area contributed by atoms with Crippen molar-refractivity contribution in [1.82, 2.24) is 5.32 Å². The van der Waals surface area contributed by atoms with Crippen molar-refractivity contribution in [3.8, 4) is 28.7 Å². The number of anilines is 1. The van der Waals surface area contributed by atoms with Crippen molar-refractivity contribution in [1.29, 1.82) is 0 Å². The molecule has 43 heavy (non-hydrogen) atoms. The average molecular weight is 585 g/mol. The van der Waals surface area contributed by atoms with Crippen LogP contribution in [0.15, 0.2) is 83.2 Å². The van der Waals surface area contributed by atoms with Crippen LogP contribution in [0.25, 0.3) is 0 Å². The fraction of sp³-hybridized carbons (Fsp3) is 0.294. The molecule has 9 heteroatoms.